The lowest BCUT2D eigenvalue weighted by Crippen LogP contribution is -2.29. The van der Waals surface area contributed by atoms with Crippen molar-refractivity contribution in [3.8, 4) is 96.3 Å². The third-order valence-corrected chi connectivity index (χ3v) is 14.4. The molecule has 2 aliphatic heterocycles. The summed E-state index contributed by atoms with van der Waals surface area (Å²) < 4.78 is 6.79. The van der Waals surface area contributed by atoms with Crippen LogP contribution in [-0.2, 0) is 5.60 Å². The number of benzene rings is 8. The van der Waals surface area contributed by atoms with E-state index in [0.717, 1.165) is 61.4 Å². The van der Waals surface area contributed by atoms with Gasteiger partial charge >= 0.3 is 0 Å². The summed E-state index contributed by atoms with van der Waals surface area (Å²) >= 11 is 3.57. The number of nitrogens with zero attached hydrogens (tertiary/aromatic N) is 6. The van der Waals surface area contributed by atoms with Crippen molar-refractivity contribution < 1.29 is 4.74 Å². The molecule has 4 heterocycles. The maximum atomic E-state index is 6.79. The Labute approximate surface area is 391 Å². The average Bonchev–Trinajstić information content (AvgIpc) is 3.38. The standard InChI is InChI=1S/C57H38N6OS2/c1-57(2)45-23-13-12-22-42(45)43-30-26-38(33-46(43)64-57)41-29-27-39(32-44(41)56-62-52(36-18-8-4-9-19-36)58-53(63-56)37-20-10-5-11-21-37)54-59-51(35-16-6-3-7-17-35)60-55(61-54)40-28-31-49-50(34-40)66-48-25-15-14-24-47(48)65-49/h3-34H,1-2H3. The minimum atomic E-state index is -0.523. The molecular weight excluding hydrogens is 849 g/mol. The molecule has 0 amide bonds. The van der Waals surface area contributed by atoms with E-state index in [2.05, 4.69) is 117 Å². The molecule has 0 unspecified atom stereocenters. The van der Waals surface area contributed by atoms with Crippen LogP contribution in [0.1, 0.15) is 19.4 Å². The molecule has 0 fully saturated rings. The van der Waals surface area contributed by atoms with Gasteiger partial charge in [-0.1, -0.05) is 175 Å². The van der Waals surface area contributed by atoms with Gasteiger partial charge in [-0.25, -0.2) is 29.9 Å². The highest BCUT2D eigenvalue weighted by Gasteiger charge is 2.33. The Hall–Kier alpha value is -7.72. The molecule has 0 atom stereocenters. The van der Waals surface area contributed by atoms with Gasteiger partial charge in [0.05, 0.1) is 0 Å². The smallest absolute Gasteiger partial charge is 0.164 e. The predicted molar refractivity (Wildman–Crippen MR) is 265 cm³/mol. The third kappa shape index (κ3) is 7.42. The average molecular weight is 887 g/mol. The van der Waals surface area contributed by atoms with E-state index >= 15 is 0 Å². The summed E-state index contributed by atoms with van der Waals surface area (Å²) in [6.45, 7) is 4.24. The first kappa shape index (κ1) is 39.8. The fourth-order valence-corrected chi connectivity index (χ4v) is 10.9. The molecule has 0 saturated carbocycles. The molecule has 9 heteroatoms. The molecule has 7 nitrogen and oxygen atoms in total. The number of hydrogen-bond acceptors (Lipinski definition) is 9. The molecular formula is C57H38N6OS2. The van der Waals surface area contributed by atoms with Crippen LogP contribution in [0.15, 0.2) is 214 Å². The van der Waals surface area contributed by atoms with Crippen LogP contribution < -0.4 is 4.74 Å². The van der Waals surface area contributed by atoms with Gasteiger partial charge in [0.15, 0.2) is 34.9 Å². The zero-order chi connectivity index (χ0) is 44.2. The molecule has 0 N–H and O–H groups in total. The molecule has 10 aromatic rings. The van der Waals surface area contributed by atoms with E-state index in [-0.39, 0.29) is 0 Å². The normalized spacial score (nSPS) is 13.1. The van der Waals surface area contributed by atoms with Crippen LogP contribution >= 0.6 is 23.5 Å². The van der Waals surface area contributed by atoms with Crippen molar-refractivity contribution in [2.45, 2.75) is 39.0 Å². The number of ether oxygens (including phenoxy) is 1. The van der Waals surface area contributed by atoms with E-state index in [1.165, 1.54) is 25.1 Å². The maximum Gasteiger partial charge on any atom is 0.164 e. The Morgan fingerprint density at radius 1 is 0.318 bits per heavy atom. The van der Waals surface area contributed by atoms with Gasteiger partial charge in [0.1, 0.15) is 11.4 Å². The minimum absolute atomic E-state index is 0.519. The van der Waals surface area contributed by atoms with E-state index in [1.807, 2.05) is 91.0 Å². The lowest BCUT2D eigenvalue weighted by Gasteiger charge is -2.35. The van der Waals surface area contributed by atoms with Crippen LogP contribution in [0, 0.1) is 0 Å². The second-order valence-corrected chi connectivity index (χ2v) is 18.8. The van der Waals surface area contributed by atoms with Crippen molar-refractivity contribution in [3.05, 3.63) is 200 Å². The Kier molecular flexibility index (Phi) is 9.88. The molecule has 12 rings (SSSR count). The first-order valence-corrected chi connectivity index (χ1v) is 23.4. The van der Waals surface area contributed by atoms with Crippen LogP contribution in [0.2, 0.25) is 0 Å². The van der Waals surface area contributed by atoms with E-state index in [4.69, 9.17) is 34.6 Å². The van der Waals surface area contributed by atoms with Crippen LogP contribution in [0.5, 0.6) is 5.75 Å². The van der Waals surface area contributed by atoms with E-state index in [9.17, 15) is 0 Å². The maximum absolute atomic E-state index is 6.79. The SMILES string of the molecule is CC1(C)Oc2cc(-c3ccc(-c4nc(-c5ccccc5)nc(-c5ccc6c(c5)Sc5ccccc5S6)n4)cc3-c3nc(-c4ccccc4)nc(-c4ccccc4)n3)ccc2-c2ccccc21. The fourth-order valence-electron chi connectivity index (χ4n) is 8.64. The summed E-state index contributed by atoms with van der Waals surface area (Å²) in [7, 11) is 0. The van der Waals surface area contributed by atoms with Gasteiger partial charge in [-0.05, 0) is 73.0 Å². The summed E-state index contributed by atoms with van der Waals surface area (Å²) in [5.74, 6) is 4.18. The first-order chi connectivity index (χ1) is 32.4. The number of fused-ring (bicyclic) bond motifs is 5. The van der Waals surface area contributed by atoms with Crippen LogP contribution in [-0.4, -0.2) is 29.9 Å². The summed E-state index contributed by atoms with van der Waals surface area (Å²) in [4.78, 5) is 35.9. The summed E-state index contributed by atoms with van der Waals surface area (Å²) in [5, 5.41) is 0. The number of aromatic nitrogens is 6. The van der Waals surface area contributed by atoms with Crippen molar-refractivity contribution in [2.24, 2.45) is 0 Å². The van der Waals surface area contributed by atoms with E-state index < -0.39 is 5.60 Å². The monoisotopic (exact) mass is 886 g/mol. The lowest BCUT2D eigenvalue weighted by atomic mass is 9.85. The van der Waals surface area contributed by atoms with Crippen molar-refractivity contribution >= 4 is 23.5 Å². The van der Waals surface area contributed by atoms with Gasteiger partial charge < -0.3 is 4.74 Å². The summed E-state index contributed by atoms with van der Waals surface area (Å²) in [6, 6.07) is 66.5. The summed E-state index contributed by atoms with van der Waals surface area (Å²) in [5.41, 5.74) is 9.91. The lowest BCUT2D eigenvalue weighted by molar-refractivity contribution is 0.106. The largest absolute Gasteiger partial charge is 0.482 e. The van der Waals surface area contributed by atoms with Gasteiger partial charge in [0.25, 0.3) is 0 Å². The third-order valence-electron chi connectivity index (χ3n) is 11.9. The molecule has 2 aromatic heterocycles. The highest BCUT2D eigenvalue weighted by molar-refractivity contribution is 8.05. The minimum Gasteiger partial charge on any atom is -0.482 e. The zero-order valence-electron chi connectivity index (χ0n) is 35.9. The first-order valence-electron chi connectivity index (χ1n) is 21.8. The van der Waals surface area contributed by atoms with Crippen LogP contribution in [0.25, 0.3) is 90.6 Å². The summed E-state index contributed by atoms with van der Waals surface area (Å²) in [6.07, 6.45) is 0. The van der Waals surface area contributed by atoms with E-state index in [0.29, 0.717) is 34.9 Å². The van der Waals surface area contributed by atoms with Gasteiger partial charge in [0.2, 0.25) is 0 Å². The predicted octanol–water partition coefficient (Wildman–Crippen LogP) is 14.6. The zero-order valence-corrected chi connectivity index (χ0v) is 37.5. The molecule has 0 aliphatic carbocycles. The topological polar surface area (TPSA) is 86.6 Å². The Morgan fingerprint density at radius 3 is 1.36 bits per heavy atom. The van der Waals surface area contributed by atoms with Crippen molar-refractivity contribution in [1.82, 2.24) is 29.9 Å². The Bertz CT molecular complexity index is 3440. The van der Waals surface area contributed by atoms with Crippen molar-refractivity contribution in [3.63, 3.8) is 0 Å². The van der Waals surface area contributed by atoms with Crippen LogP contribution in [0.3, 0.4) is 0 Å². The van der Waals surface area contributed by atoms with E-state index in [1.54, 1.807) is 23.5 Å². The molecule has 2 aliphatic rings. The van der Waals surface area contributed by atoms with Crippen molar-refractivity contribution in [2.75, 3.05) is 0 Å². The second kappa shape index (κ2) is 16.4. The number of rotatable bonds is 7. The number of hydrogen-bond donors (Lipinski definition) is 0. The fraction of sp³-hybridized carbons (Fsp3) is 0.0526. The molecule has 8 aromatic carbocycles. The van der Waals surface area contributed by atoms with Gasteiger partial charge in [-0.3, -0.25) is 0 Å². The second-order valence-electron chi connectivity index (χ2n) is 16.7. The molecule has 0 saturated heterocycles. The van der Waals surface area contributed by atoms with Gasteiger partial charge in [-0.2, -0.15) is 0 Å². The van der Waals surface area contributed by atoms with Gasteiger partial charge in [0, 0.05) is 64.1 Å². The Balaban J connectivity index is 1.06. The highest BCUT2D eigenvalue weighted by atomic mass is 32.2. The molecule has 314 valence electrons. The van der Waals surface area contributed by atoms with Crippen LogP contribution in [0.4, 0.5) is 0 Å². The Morgan fingerprint density at radius 2 is 0.758 bits per heavy atom. The quantitative estimate of drug-likeness (QED) is 0.155. The van der Waals surface area contributed by atoms with Gasteiger partial charge in [-0.15, -0.1) is 0 Å². The molecule has 0 radical (unpaired) electrons. The molecule has 0 bridgehead atoms. The molecule has 66 heavy (non-hydrogen) atoms. The van der Waals surface area contributed by atoms with Crippen molar-refractivity contribution in [1.29, 1.82) is 0 Å². The highest BCUT2D eigenvalue weighted by Crippen LogP contribution is 2.50. The molecule has 0 spiro atoms.